The molecule has 0 radical (unpaired) electrons. The van der Waals surface area contributed by atoms with E-state index in [1.165, 1.54) is 7.11 Å². The predicted octanol–water partition coefficient (Wildman–Crippen LogP) is 0.324. The first-order valence-electron chi connectivity index (χ1n) is 4.34. The van der Waals surface area contributed by atoms with Gasteiger partial charge in [0.15, 0.2) is 5.78 Å². The molecule has 4 nitrogen and oxygen atoms in total. The third-order valence-corrected chi connectivity index (χ3v) is 1.56. The van der Waals surface area contributed by atoms with Crippen LogP contribution in [0.2, 0.25) is 0 Å². The predicted molar refractivity (Wildman–Crippen MR) is 47.4 cm³/mol. The minimum absolute atomic E-state index is 0.00569. The van der Waals surface area contributed by atoms with Crippen LogP contribution in [0.1, 0.15) is 25.7 Å². The molecular formula is C9H16O4. The molecule has 0 aliphatic rings. The SMILES string of the molecule is COCC(=O)CC(=O)CCCCO. The van der Waals surface area contributed by atoms with Crippen molar-refractivity contribution in [1.82, 2.24) is 0 Å². The first kappa shape index (κ1) is 12.3. The van der Waals surface area contributed by atoms with Crippen LogP contribution in [-0.2, 0) is 14.3 Å². The summed E-state index contributed by atoms with van der Waals surface area (Å²) < 4.78 is 4.59. The van der Waals surface area contributed by atoms with Crippen LogP contribution in [0.25, 0.3) is 0 Å². The number of ketones is 2. The highest BCUT2D eigenvalue weighted by molar-refractivity contribution is 5.99. The molecule has 0 saturated carbocycles. The number of carbonyl (C=O) groups excluding carboxylic acids is 2. The summed E-state index contributed by atoms with van der Waals surface area (Å²) in [7, 11) is 1.42. The molecule has 1 N–H and O–H groups in total. The molecule has 0 aromatic heterocycles. The fourth-order valence-corrected chi connectivity index (χ4v) is 0.954. The summed E-state index contributed by atoms with van der Waals surface area (Å²) >= 11 is 0. The van der Waals surface area contributed by atoms with Gasteiger partial charge in [-0.25, -0.2) is 0 Å². The van der Waals surface area contributed by atoms with Gasteiger partial charge in [-0.1, -0.05) is 0 Å². The van der Waals surface area contributed by atoms with Gasteiger partial charge in [-0.2, -0.15) is 0 Å². The molecule has 76 valence electrons. The number of rotatable bonds is 8. The van der Waals surface area contributed by atoms with Crippen molar-refractivity contribution in [1.29, 1.82) is 0 Å². The van der Waals surface area contributed by atoms with Crippen LogP contribution in [0.15, 0.2) is 0 Å². The maximum atomic E-state index is 11.0. The first-order valence-corrected chi connectivity index (χ1v) is 4.34. The van der Waals surface area contributed by atoms with Gasteiger partial charge in [-0.05, 0) is 12.8 Å². The molecular weight excluding hydrogens is 172 g/mol. The van der Waals surface area contributed by atoms with Gasteiger partial charge in [0.1, 0.15) is 12.4 Å². The van der Waals surface area contributed by atoms with E-state index in [0.717, 1.165) is 0 Å². The van der Waals surface area contributed by atoms with Gasteiger partial charge in [0.05, 0.1) is 6.42 Å². The second-order valence-corrected chi connectivity index (χ2v) is 2.87. The lowest BCUT2D eigenvalue weighted by Crippen LogP contribution is -2.12. The summed E-state index contributed by atoms with van der Waals surface area (Å²) in [4.78, 5) is 21.9. The van der Waals surface area contributed by atoms with Gasteiger partial charge in [0, 0.05) is 20.1 Å². The smallest absolute Gasteiger partial charge is 0.165 e. The highest BCUT2D eigenvalue weighted by Crippen LogP contribution is 1.99. The molecule has 0 bridgehead atoms. The van der Waals surface area contributed by atoms with Crippen molar-refractivity contribution >= 4 is 11.6 Å². The second kappa shape index (κ2) is 7.89. The number of aliphatic hydroxyl groups is 1. The number of ether oxygens (including phenoxy) is 1. The van der Waals surface area contributed by atoms with E-state index in [1.54, 1.807) is 0 Å². The summed E-state index contributed by atoms with van der Waals surface area (Å²) in [6.45, 7) is 0.102. The maximum Gasteiger partial charge on any atom is 0.165 e. The topological polar surface area (TPSA) is 63.6 Å². The van der Waals surface area contributed by atoms with Gasteiger partial charge in [-0.15, -0.1) is 0 Å². The summed E-state index contributed by atoms with van der Waals surface area (Å²) in [6, 6.07) is 0. The summed E-state index contributed by atoms with van der Waals surface area (Å²) in [5, 5.41) is 8.45. The average Bonchev–Trinajstić information content (AvgIpc) is 2.05. The van der Waals surface area contributed by atoms with Crippen LogP contribution in [0.3, 0.4) is 0 Å². The van der Waals surface area contributed by atoms with Crippen molar-refractivity contribution in [2.75, 3.05) is 20.3 Å². The average molecular weight is 188 g/mol. The minimum Gasteiger partial charge on any atom is -0.396 e. The monoisotopic (exact) mass is 188 g/mol. The van der Waals surface area contributed by atoms with Crippen LogP contribution >= 0.6 is 0 Å². The van der Waals surface area contributed by atoms with Crippen LogP contribution in [-0.4, -0.2) is 37.0 Å². The van der Waals surface area contributed by atoms with Crippen LogP contribution in [0.5, 0.6) is 0 Å². The number of hydrogen-bond donors (Lipinski definition) is 1. The Bertz CT molecular complexity index is 165. The third-order valence-electron chi connectivity index (χ3n) is 1.56. The minimum atomic E-state index is -0.184. The third kappa shape index (κ3) is 7.62. The Morgan fingerprint density at radius 3 is 2.46 bits per heavy atom. The number of hydrogen-bond acceptors (Lipinski definition) is 4. The molecule has 0 saturated heterocycles. The molecule has 0 rings (SSSR count). The first-order chi connectivity index (χ1) is 6.20. The molecule has 0 spiro atoms. The fraction of sp³-hybridized carbons (Fsp3) is 0.778. The van der Waals surface area contributed by atoms with Gasteiger partial charge in [0.25, 0.3) is 0 Å². The fourth-order valence-electron chi connectivity index (χ4n) is 0.954. The summed E-state index contributed by atoms with van der Waals surface area (Å²) in [5.74, 6) is -0.257. The molecule has 0 atom stereocenters. The zero-order chi connectivity index (χ0) is 10.1. The van der Waals surface area contributed by atoms with E-state index in [2.05, 4.69) is 4.74 Å². The van der Waals surface area contributed by atoms with Gasteiger partial charge in [0.2, 0.25) is 0 Å². The van der Waals surface area contributed by atoms with E-state index in [-0.39, 0.29) is 31.2 Å². The standard InChI is InChI=1S/C9H16O4/c1-13-7-9(12)6-8(11)4-2-3-5-10/h10H,2-7H2,1H3. The Balaban J connectivity index is 3.44. The van der Waals surface area contributed by atoms with Crippen LogP contribution < -0.4 is 0 Å². The normalized spacial score (nSPS) is 10.0. The van der Waals surface area contributed by atoms with Crippen molar-refractivity contribution in [3.63, 3.8) is 0 Å². The van der Waals surface area contributed by atoms with Crippen molar-refractivity contribution < 1.29 is 19.4 Å². The molecule has 4 heteroatoms. The zero-order valence-electron chi connectivity index (χ0n) is 7.91. The lowest BCUT2D eigenvalue weighted by molar-refractivity contribution is -0.129. The van der Waals surface area contributed by atoms with Crippen molar-refractivity contribution in [2.24, 2.45) is 0 Å². The van der Waals surface area contributed by atoms with Gasteiger partial charge in [-0.3, -0.25) is 9.59 Å². The molecule has 0 aromatic rings. The van der Waals surface area contributed by atoms with E-state index in [9.17, 15) is 9.59 Å². The van der Waals surface area contributed by atoms with E-state index in [1.807, 2.05) is 0 Å². The molecule has 0 aliphatic heterocycles. The molecule has 0 aliphatic carbocycles. The van der Waals surface area contributed by atoms with Crippen molar-refractivity contribution in [3.05, 3.63) is 0 Å². The molecule has 0 aromatic carbocycles. The number of Topliss-reactive ketones (excluding diaryl/α,β-unsaturated/α-hetero) is 2. The second-order valence-electron chi connectivity index (χ2n) is 2.87. The summed E-state index contributed by atoms with van der Waals surface area (Å²) in [5.41, 5.74) is 0. The Labute approximate surface area is 77.9 Å². The number of aliphatic hydroxyl groups excluding tert-OH is 1. The lowest BCUT2D eigenvalue weighted by atomic mass is 10.1. The Morgan fingerprint density at radius 1 is 1.23 bits per heavy atom. The van der Waals surface area contributed by atoms with Crippen LogP contribution in [0, 0.1) is 0 Å². The molecule has 0 amide bonds. The quantitative estimate of drug-likeness (QED) is 0.440. The van der Waals surface area contributed by atoms with Crippen LogP contribution in [0.4, 0.5) is 0 Å². The zero-order valence-corrected chi connectivity index (χ0v) is 7.91. The highest BCUT2D eigenvalue weighted by Gasteiger charge is 2.08. The van der Waals surface area contributed by atoms with Crippen molar-refractivity contribution in [3.8, 4) is 0 Å². The number of carbonyl (C=O) groups is 2. The molecule has 0 unspecified atom stereocenters. The molecule has 13 heavy (non-hydrogen) atoms. The van der Waals surface area contributed by atoms with Crippen molar-refractivity contribution in [2.45, 2.75) is 25.7 Å². The van der Waals surface area contributed by atoms with Gasteiger partial charge >= 0.3 is 0 Å². The Hall–Kier alpha value is -0.740. The Kier molecular flexibility index (Phi) is 7.44. The number of methoxy groups -OCH3 is 1. The molecule has 0 heterocycles. The van der Waals surface area contributed by atoms with E-state index < -0.39 is 0 Å². The Morgan fingerprint density at radius 2 is 1.92 bits per heavy atom. The number of unbranched alkanes of at least 4 members (excludes halogenated alkanes) is 1. The molecule has 0 fully saturated rings. The largest absolute Gasteiger partial charge is 0.396 e. The van der Waals surface area contributed by atoms with E-state index in [4.69, 9.17) is 5.11 Å². The van der Waals surface area contributed by atoms with E-state index in [0.29, 0.717) is 19.3 Å². The van der Waals surface area contributed by atoms with Gasteiger partial charge < -0.3 is 9.84 Å². The highest BCUT2D eigenvalue weighted by atomic mass is 16.5. The lowest BCUT2D eigenvalue weighted by Gasteiger charge is -1.99. The van der Waals surface area contributed by atoms with E-state index >= 15 is 0 Å². The maximum absolute atomic E-state index is 11.0. The summed E-state index contributed by atoms with van der Waals surface area (Å²) in [6.07, 6.45) is 1.59.